The number of aryl methyl sites for hydroxylation is 1. The van der Waals surface area contributed by atoms with Gasteiger partial charge in [0.15, 0.2) is 0 Å². The maximum atomic E-state index is 13.0. The molecule has 4 nitrogen and oxygen atoms in total. The molecule has 0 N–H and O–H groups in total. The zero-order chi connectivity index (χ0) is 19.7. The molecule has 2 aromatic rings. The summed E-state index contributed by atoms with van der Waals surface area (Å²) in [7, 11) is -3.56. The van der Waals surface area contributed by atoms with E-state index >= 15 is 0 Å². The van der Waals surface area contributed by atoms with Crippen molar-refractivity contribution in [3.63, 3.8) is 0 Å². The van der Waals surface area contributed by atoms with E-state index in [4.69, 9.17) is 11.6 Å². The van der Waals surface area contributed by atoms with Crippen molar-refractivity contribution >= 4 is 21.6 Å². The molecule has 1 atom stereocenters. The van der Waals surface area contributed by atoms with Crippen LogP contribution in [0.1, 0.15) is 42.5 Å². The average Bonchev–Trinajstić information content (AvgIpc) is 3.13. The van der Waals surface area contributed by atoms with Crippen LogP contribution in [-0.2, 0) is 22.9 Å². The van der Waals surface area contributed by atoms with Crippen molar-refractivity contribution in [3.8, 4) is 0 Å². The third-order valence-corrected chi connectivity index (χ3v) is 8.55. The van der Waals surface area contributed by atoms with Gasteiger partial charge in [-0.1, -0.05) is 48.9 Å². The summed E-state index contributed by atoms with van der Waals surface area (Å²) in [6.07, 6.45) is 4.26. The summed E-state index contributed by atoms with van der Waals surface area (Å²) < 4.78 is 27.5. The van der Waals surface area contributed by atoms with E-state index in [1.807, 2.05) is 6.92 Å². The second kappa shape index (κ2) is 8.15. The Labute approximate surface area is 173 Å². The molecule has 28 heavy (non-hydrogen) atoms. The van der Waals surface area contributed by atoms with Crippen LogP contribution in [0.3, 0.4) is 0 Å². The topological polar surface area (TPSA) is 40.6 Å². The lowest BCUT2D eigenvalue weighted by atomic mass is 9.93. The maximum absolute atomic E-state index is 13.0. The minimum atomic E-state index is -3.56. The number of benzene rings is 2. The number of sulfonamides is 1. The maximum Gasteiger partial charge on any atom is 0.244 e. The van der Waals surface area contributed by atoms with Crippen molar-refractivity contribution in [1.82, 2.24) is 9.21 Å². The van der Waals surface area contributed by atoms with E-state index in [9.17, 15) is 8.42 Å². The van der Waals surface area contributed by atoms with Crippen LogP contribution in [-0.4, -0.2) is 43.8 Å². The summed E-state index contributed by atoms with van der Waals surface area (Å²) in [4.78, 5) is 2.75. The molecule has 6 heteroatoms. The van der Waals surface area contributed by atoms with Gasteiger partial charge in [0.2, 0.25) is 10.0 Å². The van der Waals surface area contributed by atoms with Crippen molar-refractivity contribution in [1.29, 1.82) is 0 Å². The lowest BCUT2D eigenvalue weighted by Crippen LogP contribution is -2.38. The van der Waals surface area contributed by atoms with Crippen LogP contribution < -0.4 is 0 Å². The van der Waals surface area contributed by atoms with Gasteiger partial charge < -0.3 is 0 Å². The average molecular weight is 419 g/mol. The SMILES string of the molecule is CCN(CCCN1CCc2cccc3c2C1CC3)S(=O)(=O)c1ccccc1Cl. The summed E-state index contributed by atoms with van der Waals surface area (Å²) >= 11 is 6.14. The molecule has 0 spiro atoms. The van der Waals surface area contributed by atoms with Gasteiger partial charge in [-0.15, -0.1) is 0 Å². The van der Waals surface area contributed by atoms with E-state index in [0.29, 0.717) is 19.1 Å². The highest BCUT2D eigenvalue weighted by molar-refractivity contribution is 7.89. The minimum absolute atomic E-state index is 0.200. The number of hydrogen-bond donors (Lipinski definition) is 0. The summed E-state index contributed by atoms with van der Waals surface area (Å²) in [5.74, 6) is 0. The van der Waals surface area contributed by atoms with E-state index in [0.717, 1.165) is 32.4 Å². The zero-order valence-electron chi connectivity index (χ0n) is 16.3. The van der Waals surface area contributed by atoms with Crippen molar-refractivity contribution in [2.75, 3.05) is 26.2 Å². The standard InChI is InChI=1S/C22H27ClN2O2S/c1-2-25(28(26,27)21-10-4-3-9-19(21)23)15-6-14-24-16-13-18-8-5-7-17-11-12-20(24)22(17)18/h3-5,7-10,20H,2,6,11-16H2,1H3. The Balaban J connectivity index is 1.42. The Kier molecular flexibility index (Phi) is 5.79. The lowest BCUT2D eigenvalue weighted by molar-refractivity contribution is 0.179. The monoisotopic (exact) mass is 418 g/mol. The minimum Gasteiger partial charge on any atom is -0.296 e. The molecule has 150 valence electrons. The zero-order valence-corrected chi connectivity index (χ0v) is 17.8. The van der Waals surface area contributed by atoms with Gasteiger partial charge in [-0.2, -0.15) is 4.31 Å². The quantitative estimate of drug-likeness (QED) is 0.673. The van der Waals surface area contributed by atoms with Crippen LogP contribution in [0.25, 0.3) is 0 Å². The van der Waals surface area contributed by atoms with E-state index in [2.05, 4.69) is 23.1 Å². The number of hydrogen-bond acceptors (Lipinski definition) is 3. The number of halogens is 1. The summed E-state index contributed by atoms with van der Waals surface area (Å²) in [5.41, 5.74) is 4.56. The molecule has 1 aliphatic carbocycles. The van der Waals surface area contributed by atoms with Gasteiger partial charge in [-0.05, 0) is 54.5 Å². The van der Waals surface area contributed by atoms with Gasteiger partial charge in [-0.3, -0.25) is 4.90 Å². The molecule has 2 aliphatic rings. The van der Waals surface area contributed by atoms with Crippen LogP contribution >= 0.6 is 11.6 Å². The smallest absolute Gasteiger partial charge is 0.244 e. The number of rotatable bonds is 7. The molecule has 1 aliphatic heterocycles. The lowest BCUT2D eigenvalue weighted by Gasteiger charge is -2.35. The molecule has 0 aromatic heterocycles. The second-order valence-electron chi connectivity index (χ2n) is 7.61. The predicted octanol–water partition coefficient (Wildman–Crippen LogP) is 4.29. The fourth-order valence-corrected chi connectivity index (χ4v) is 6.69. The molecule has 0 amide bonds. The van der Waals surface area contributed by atoms with Crippen LogP contribution in [0.5, 0.6) is 0 Å². The van der Waals surface area contributed by atoms with Crippen molar-refractivity contribution < 1.29 is 8.42 Å². The molecule has 1 unspecified atom stereocenters. The predicted molar refractivity (Wildman–Crippen MR) is 113 cm³/mol. The second-order valence-corrected chi connectivity index (χ2v) is 9.92. The Morgan fingerprint density at radius 2 is 1.86 bits per heavy atom. The van der Waals surface area contributed by atoms with Gasteiger partial charge in [-0.25, -0.2) is 8.42 Å². The van der Waals surface area contributed by atoms with Crippen molar-refractivity contribution in [3.05, 3.63) is 64.2 Å². The summed E-state index contributed by atoms with van der Waals surface area (Å²) in [6, 6.07) is 13.9. The van der Waals surface area contributed by atoms with E-state index < -0.39 is 10.0 Å². The van der Waals surface area contributed by atoms with Crippen molar-refractivity contribution in [2.45, 2.75) is 43.5 Å². The molecule has 0 radical (unpaired) electrons. The first kappa shape index (κ1) is 19.9. The molecule has 0 bridgehead atoms. The Bertz CT molecular complexity index is 961. The van der Waals surface area contributed by atoms with Crippen molar-refractivity contribution in [2.24, 2.45) is 0 Å². The molecular formula is C22H27ClN2O2S. The van der Waals surface area contributed by atoms with E-state index in [-0.39, 0.29) is 9.92 Å². The largest absolute Gasteiger partial charge is 0.296 e. The highest BCUT2D eigenvalue weighted by atomic mass is 35.5. The van der Waals surface area contributed by atoms with E-state index in [1.165, 1.54) is 17.5 Å². The third-order valence-electron chi connectivity index (χ3n) is 6.08. The molecular weight excluding hydrogens is 392 g/mol. The molecule has 1 heterocycles. The van der Waals surface area contributed by atoms with E-state index in [1.54, 1.807) is 34.1 Å². The first-order valence-electron chi connectivity index (χ1n) is 10.1. The van der Waals surface area contributed by atoms with Gasteiger partial charge in [0.25, 0.3) is 0 Å². The highest BCUT2D eigenvalue weighted by Crippen LogP contribution is 2.41. The van der Waals surface area contributed by atoms with Crippen LogP contribution in [0.4, 0.5) is 0 Å². The normalized spacial score (nSPS) is 19.2. The molecule has 0 fully saturated rings. The number of nitrogens with zero attached hydrogens (tertiary/aromatic N) is 2. The summed E-state index contributed by atoms with van der Waals surface area (Å²) in [5, 5.41) is 0.284. The Hall–Kier alpha value is -1.40. The Morgan fingerprint density at radius 1 is 1.11 bits per heavy atom. The van der Waals surface area contributed by atoms with Crippen LogP contribution in [0, 0.1) is 0 Å². The van der Waals surface area contributed by atoms with Gasteiger partial charge in [0.1, 0.15) is 4.90 Å². The third kappa shape index (κ3) is 3.61. The van der Waals surface area contributed by atoms with Crippen LogP contribution in [0.15, 0.2) is 47.4 Å². The highest BCUT2D eigenvalue weighted by Gasteiger charge is 2.33. The van der Waals surface area contributed by atoms with Gasteiger partial charge >= 0.3 is 0 Å². The molecule has 2 aromatic carbocycles. The molecule has 4 rings (SSSR count). The molecule has 0 saturated carbocycles. The Morgan fingerprint density at radius 3 is 2.61 bits per heavy atom. The first-order valence-corrected chi connectivity index (χ1v) is 11.9. The van der Waals surface area contributed by atoms with Gasteiger partial charge in [0.05, 0.1) is 5.02 Å². The van der Waals surface area contributed by atoms with Gasteiger partial charge in [0, 0.05) is 32.2 Å². The van der Waals surface area contributed by atoms with Crippen LogP contribution in [0.2, 0.25) is 5.02 Å². The summed E-state index contributed by atoms with van der Waals surface area (Å²) in [6.45, 7) is 4.83. The first-order chi connectivity index (χ1) is 13.5. The molecule has 0 saturated heterocycles. The fraction of sp³-hybridized carbons (Fsp3) is 0.455. The fourth-order valence-electron chi connectivity index (χ4n) is 4.71.